The Balaban J connectivity index is 3.08. The second-order valence-corrected chi connectivity index (χ2v) is 2.50. The Morgan fingerprint density at radius 1 is 1.44 bits per heavy atom. The van der Waals surface area contributed by atoms with Crippen molar-refractivity contribution in [3.05, 3.63) is 21.9 Å². The Morgan fingerprint density at radius 3 is 2.44 bits per heavy atom. The predicted octanol–water partition coefficient (Wildman–Crippen LogP) is 1.60. The minimum atomic E-state index is 0.669. The van der Waals surface area contributed by atoms with Crippen LogP contribution in [0.2, 0.25) is 0 Å². The Hall–Kier alpha value is -1.25. The second kappa shape index (κ2) is 2.35. The molecule has 0 radical (unpaired) electrons. The normalized spacial score (nSPS) is 7.78. The molecule has 0 saturated carbocycles. The van der Waals surface area contributed by atoms with E-state index in [1.54, 1.807) is 12.1 Å². The van der Waals surface area contributed by atoms with Crippen molar-refractivity contribution in [3.8, 4) is 18.4 Å². The molecule has 1 aromatic heterocycles. The molecule has 1 rings (SSSR count). The first-order valence-corrected chi connectivity index (χ1v) is 3.15. The van der Waals surface area contributed by atoms with Crippen molar-refractivity contribution in [2.45, 2.75) is 0 Å². The number of rotatable bonds is 0. The summed E-state index contributed by atoms with van der Waals surface area (Å²) in [6, 6.07) is 5.49. The van der Waals surface area contributed by atoms with Crippen LogP contribution in [0.15, 0.2) is 12.1 Å². The van der Waals surface area contributed by atoms with Crippen molar-refractivity contribution in [2.24, 2.45) is 0 Å². The van der Waals surface area contributed by atoms with E-state index in [9.17, 15) is 0 Å². The van der Waals surface area contributed by atoms with Crippen molar-refractivity contribution in [2.75, 3.05) is 0 Å². The summed E-state index contributed by atoms with van der Waals surface area (Å²) in [5, 5.41) is 8.34. The van der Waals surface area contributed by atoms with E-state index in [1.165, 1.54) is 11.3 Å². The first-order chi connectivity index (χ1) is 4.36. The summed E-state index contributed by atoms with van der Waals surface area (Å²) in [7, 11) is 0. The highest BCUT2D eigenvalue weighted by Gasteiger charge is 1.92. The van der Waals surface area contributed by atoms with E-state index in [0.29, 0.717) is 4.88 Å². The molecule has 0 N–H and O–H groups in total. The van der Waals surface area contributed by atoms with Gasteiger partial charge in [-0.2, -0.15) is 5.26 Å². The van der Waals surface area contributed by atoms with Crippen LogP contribution in [0, 0.1) is 23.7 Å². The molecule has 0 aliphatic carbocycles. The number of terminal acetylenes is 1. The standard InChI is InChI=1S/C7H3NS/c1-2-6-3-4-7(5-8)9-6/h1,3-4H. The lowest BCUT2D eigenvalue weighted by molar-refractivity contribution is 1.52. The monoisotopic (exact) mass is 133 g/mol. The van der Waals surface area contributed by atoms with Crippen molar-refractivity contribution in [1.29, 1.82) is 5.26 Å². The van der Waals surface area contributed by atoms with E-state index in [2.05, 4.69) is 5.92 Å². The SMILES string of the molecule is C#Cc1ccc(C#N)s1. The van der Waals surface area contributed by atoms with E-state index in [0.717, 1.165) is 4.88 Å². The van der Waals surface area contributed by atoms with Crippen LogP contribution in [-0.4, -0.2) is 0 Å². The van der Waals surface area contributed by atoms with E-state index in [4.69, 9.17) is 11.7 Å². The summed E-state index contributed by atoms with van der Waals surface area (Å²) in [6.07, 6.45) is 5.07. The summed E-state index contributed by atoms with van der Waals surface area (Å²) < 4.78 is 0. The van der Waals surface area contributed by atoms with Gasteiger partial charge in [0.1, 0.15) is 10.9 Å². The highest BCUT2D eigenvalue weighted by molar-refractivity contribution is 7.13. The van der Waals surface area contributed by atoms with Crippen molar-refractivity contribution >= 4 is 11.3 Å². The van der Waals surface area contributed by atoms with Gasteiger partial charge in [-0.05, 0) is 12.1 Å². The van der Waals surface area contributed by atoms with Crippen LogP contribution in [-0.2, 0) is 0 Å². The second-order valence-electron chi connectivity index (χ2n) is 1.42. The first-order valence-electron chi connectivity index (χ1n) is 2.33. The molecule has 0 aromatic carbocycles. The maximum atomic E-state index is 8.34. The van der Waals surface area contributed by atoms with Gasteiger partial charge in [0.2, 0.25) is 0 Å². The molecular weight excluding hydrogens is 130 g/mol. The van der Waals surface area contributed by atoms with Crippen LogP contribution < -0.4 is 0 Å². The molecule has 0 aliphatic heterocycles. The zero-order valence-corrected chi connectivity index (χ0v) is 5.40. The highest BCUT2D eigenvalue weighted by atomic mass is 32.1. The van der Waals surface area contributed by atoms with Crippen LogP contribution in [0.4, 0.5) is 0 Å². The summed E-state index contributed by atoms with van der Waals surface area (Å²) in [5.74, 6) is 2.45. The molecule has 0 fully saturated rings. The molecule has 9 heavy (non-hydrogen) atoms. The molecule has 1 nitrogen and oxygen atoms in total. The van der Waals surface area contributed by atoms with Crippen LogP contribution >= 0.6 is 11.3 Å². The number of hydrogen-bond acceptors (Lipinski definition) is 2. The lowest BCUT2D eigenvalue weighted by Gasteiger charge is -1.69. The van der Waals surface area contributed by atoms with Crippen LogP contribution in [0.1, 0.15) is 9.75 Å². The average Bonchev–Trinajstić information content (AvgIpc) is 2.34. The quantitative estimate of drug-likeness (QED) is 0.493. The fourth-order valence-electron chi connectivity index (χ4n) is 0.476. The third-order valence-electron chi connectivity index (χ3n) is 0.858. The molecule has 1 aromatic rings. The van der Waals surface area contributed by atoms with Gasteiger partial charge in [-0.1, -0.05) is 5.92 Å². The summed E-state index contributed by atoms with van der Waals surface area (Å²) >= 11 is 1.34. The summed E-state index contributed by atoms with van der Waals surface area (Å²) in [4.78, 5) is 1.48. The maximum Gasteiger partial charge on any atom is 0.110 e. The lowest BCUT2D eigenvalue weighted by Crippen LogP contribution is -1.52. The summed E-state index contributed by atoms with van der Waals surface area (Å²) in [6.45, 7) is 0. The third kappa shape index (κ3) is 1.10. The maximum absolute atomic E-state index is 8.34. The fraction of sp³-hybridized carbons (Fsp3) is 0. The number of nitriles is 1. The van der Waals surface area contributed by atoms with E-state index in [-0.39, 0.29) is 0 Å². The van der Waals surface area contributed by atoms with Gasteiger partial charge in [-0.15, -0.1) is 17.8 Å². The molecular formula is C7H3NS. The van der Waals surface area contributed by atoms with Gasteiger partial charge in [-0.3, -0.25) is 0 Å². The Labute approximate surface area is 57.6 Å². The predicted molar refractivity (Wildman–Crippen MR) is 37.0 cm³/mol. The molecule has 0 aliphatic rings. The highest BCUT2D eigenvalue weighted by Crippen LogP contribution is 2.12. The number of hydrogen-bond donors (Lipinski definition) is 0. The van der Waals surface area contributed by atoms with Gasteiger partial charge in [0.15, 0.2) is 0 Å². The van der Waals surface area contributed by atoms with Gasteiger partial charge in [0, 0.05) is 0 Å². The lowest BCUT2D eigenvalue weighted by atomic mass is 10.4. The number of nitrogens with zero attached hydrogens (tertiary/aromatic N) is 1. The largest absolute Gasteiger partial charge is 0.192 e. The summed E-state index contributed by atoms with van der Waals surface area (Å²) in [5.41, 5.74) is 0. The van der Waals surface area contributed by atoms with Gasteiger partial charge in [0.25, 0.3) is 0 Å². The fourth-order valence-corrected chi connectivity index (χ4v) is 1.09. The van der Waals surface area contributed by atoms with Crippen LogP contribution in [0.25, 0.3) is 0 Å². The van der Waals surface area contributed by atoms with Crippen molar-refractivity contribution < 1.29 is 0 Å². The molecule has 0 atom stereocenters. The van der Waals surface area contributed by atoms with Crippen LogP contribution in [0.3, 0.4) is 0 Å². The Bertz CT molecular complexity index is 256. The Morgan fingerprint density at radius 2 is 2.11 bits per heavy atom. The van der Waals surface area contributed by atoms with Crippen molar-refractivity contribution in [3.63, 3.8) is 0 Å². The van der Waals surface area contributed by atoms with Gasteiger partial charge in [-0.25, -0.2) is 0 Å². The third-order valence-corrected chi connectivity index (χ3v) is 1.78. The molecule has 0 spiro atoms. The van der Waals surface area contributed by atoms with Gasteiger partial charge >= 0.3 is 0 Å². The zero-order valence-electron chi connectivity index (χ0n) is 4.59. The van der Waals surface area contributed by atoms with E-state index in [1.807, 2.05) is 6.07 Å². The van der Waals surface area contributed by atoms with Crippen LogP contribution in [0.5, 0.6) is 0 Å². The smallest absolute Gasteiger partial charge is 0.110 e. The molecule has 0 unspecified atom stereocenters. The molecule has 0 saturated heterocycles. The van der Waals surface area contributed by atoms with Gasteiger partial charge in [0.05, 0.1) is 4.88 Å². The minimum absolute atomic E-state index is 0.669. The van der Waals surface area contributed by atoms with Crippen molar-refractivity contribution in [1.82, 2.24) is 0 Å². The molecule has 2 heteroatoms. The Kier molecular flexibility index (Phi) is 1.53. The zero-order chi connectivity index (χ0) is 6.69. The molecule has 42 valence electrons. The minimum Gasteiger partial charge on any atom is -0.192 e. The topological polar surface area (TPSA) is 23.8 Å². The number of thiophene rings is 1. The van der Waals surface area contributed by atoms with Gasteiger partial charge < -0.3 is 0 Å². The molecule has 0 amide bonds. The molecule has 1 heterocycles. The molecule has 0 bridgehead atoms. The first kappa shape index (κ1) is 5.88. The average molecular weight is 133 g/mol. The van der Waals surface area contributed by atoms with E-state index < -0.39 is 0 Å². The van der Waals surface area contributed by atoms with E-state index >= 15 is 0 Å².